The number of hydrogen-bond acceptors (Lipinski definition) is 5. The highest BCUT2D eigenvalue weighted by atomic mass is 16.2. The van der Waals surface area contributed by atoms with Crippen molar-refractivity contribution >= 4 is 28.9 Å². The maximum atomic E-state index is 13.1. The molecule has 0 unspecified atom stereocenters. The lowest BCUT2D eigenvalue weighted by atomic mass is 9.99. The molecule has 7 nitrogen and oxygen atoms in total. The number of benzene rings is 2. The lowest BCUT2D eigenvalue weighted by Gasteiger charge is -2.38. The highest BCUT2D eigenvalue weighted by Gasteiger charge is 2.30. The van der Waals surface area contributed by atoms with Crippen LogP contribution in [-0.2, 0) is 4.79 Å². The SMILES string of the molecule is Cc1ccccc1N1CCN(c2cc(C3CC3)c(C(=O)NCCCN3CCCC3=O)cc2N)CC1. The molecule has 3 aliphatic rings. The molecular weight excluding hydrogens is 438 g/mol. The first kappa shape index (κ1) is 23.5. The van der Waals surface area contributed by atoms with Gasteiger partial charge < -0.3 is 25.8 Å². The Morgan fingerprint density at radius 3 is 2.40 bits per heavy atom. The molecule has 3 N–H and O–H groups in total. The van der Waals surface area contributed by atoms with E-state index < -0.39 is 0 Å². The minimum Gasteiger partial charge on any atom is -0.397 e. The van der Waals surface area contributed by atoms with Crippen LogP contribution in [0.5, 0.6) is 0 Å². The Kier molecular flexibility index (Phi) is 6.84. The predicted molar refractivity (Wildman–Crippen MR) is 141 cm³/mol. The fraction of sp³-hybridized carbons (Fsp3) is 0.500. The first-order valence-electron chi connectivity index (χ1n) is 13.1. The summed E-state index contributed by atoms with van der Waals surface area (Å²) in [4.78, 5) is 31.5. The molecule has 2 saturated heterocycles. The molecule has 35 heavy (non-hydrogen) atoms. The molecule has 2 aromatic rings. The molecule has 2 aliphatic heterocycles. The van der Waals surface area contributed by atoms with E-state index in [-0.39, 0.29) is 11.8 Å². The second-order valence-electron chi connectivity index (χ2n) is 10.1. The van der Waals surface area contributed by atoms with E-state index in [9.17, 15) is 9.59 Å². The van der Waals surface area contributed by atoms with Crippen molar-refractivity contribution in [1.82, 2.24) is 10.2 Å². The second-order valence-corrected chi connectivity index (χ2v) is 10.1. The molecular formula is C28H37N5O2. The maximum absolute atomic E-state index is 13.1. The molecule has 186 valence electrons. The fourth-order valence-corrected chi connectivity index (χ4v) is 5.44. The molecule has 0 atom stereocenters. The number of nitrogens with two attached hydrogens (primary N) is 1. The van der Waals surface area contributed by atoms with Crippen LogP contribution in [0.25, 0.3) is 0 Å². The first-order valence-corrected chi connectivity index (χ1v) is 13.1. The molecule has 3 fully saturated rings. The first-order chi connectivity index (χ1) is 17.0. The van der Waals surface area contributed by atoms with Gasteiger partial charge in [0.25, 0.3) is 5.91 Å². The standard InChI is InChI=1S/C28H37N5O2/c1-20-6-2-3-7-25(20)31-14-16-32(17-15-31)26-19-22(21-9-10-21)23(18-24(26)29)28(35)30-11-5-13-33-12-4-8-27(33)34/h2-3,6-7,18-19,21H,4-5,8-17,29H2,1H3,(H,30,35). The van der Waals surface area contributed by atoms with Gasteiger partial charge in [-0.1, -0.05) is 18.2 Å². The Morgan fingerprint density at radius 1 is 1.03 bits per heavy atom. The summed E-state index contributed by atoms with van der Waals surface area (Å²) >= 11 is 0. The number of aryl methyl sites for hydroxylation is 1. The van der Waals surface area contributed by atoms with Gasteiger partial charge in [-0.05, 0) is 67.9 Å². The van der Waals surface area contributed by atoms with Crippen molar-refractivity contribution in [2.75, 3.05) is 61.3 Å². The van der Waals surface area contributed by atoms with Crippen LogP contribution in [-0.4, -0.2) is 62.5 Å². The highest BCUT2D eigenvalue weighted by Crippen LogP contribution is 2.44. The lowest BCUT2D eigenvalue weighted by Crippen LogP contribution is -2.47. The van der Waals surface area contributed by atoms with Crippen molar-refractivity contribution in [1.29, 1.82) is 0 Å². The third-order valence-corrected chi connectivity index (χ3v) is 7.60. The Balaban J connectivity index is 1.23. The largest absolute Gasteiger partial charge is 0.397 e. The number of nitrogen functional groups attached to an aromatic ring is 1. The van der Waals surface area contributed by atoms with E-state index in [1.807, 2.05) is 11.0 Å². The molecule has 2 heterocycles. The third kappa shape index (κ3) is 5.24. The molecule has 1 saturated carbocycles. The smallest absolute Gasteiger partial charge is 0.251 e. The number of nitrogens with zero attached hydrogens (tertiary/aromatic N) is 3. The van der Waals surface area contributed by atoms with Gasteiger partial charge in [-0.3, -0.25) is 9.59 Å². The molecule has 2 amide bonds. The minimum atomic E-state index is -0.0535. The molecule has 7 heteroatoms. The van der Waals surface area contributed by atoms with Crippen molar-refractivity contribution in [3.8, 4) is 0 Å². The summed E-state index contributed by atoms with van der Waals surface area (Å²) in [6.45, 7) is 8.00. The van der Waals surface area contributed by atoms with Gasteiger partial charge in [0, 0.05) is 63.5 Å². The summed E-state index contributed by atoms with van der Waals surface area (Å²) in [6, 6.07) is 12.6. The van der Waals surface area contributed by atoms with E-state index in [1.165, 1.54) is 11.3 Å². The van der Waals surface area contributed by atoms with Gasteiger partial charge >= 0.3 is 0 Å². The van der Waals surface area contributed by atoms with E-state index in [0.717, 1.165) is 69.7 Å². The van der Waals surface area contributed by atoms with Crippen molar-refractivity contribution in [3.63, 3.8) is 0 Å². The van der Waals surface area contributed by atoms with Crippen LogP contribution in [0.3, 0.4) is 0 Å². The van der Waals surface area contributed by atoms with Gasteiger partial charge in [-0.2, -0.15) is 0 Å². The van der Waals surface area contributed by atoms with Gasteiger partial charge in [0.1, 0.15) is 0 Å². The number of hydrogen-bond donors (Lipinski definition) is 2. The molecule has 1 aliphatic carbocycles. The second kappa shape index (κ2) is 10.2. The number of carbonyl (C=O) groups excluding carboxylic acids is 2. The number of para-hydroxylation sites is 1. The van der Waals surface area contributed by atoms with Crippen molar-refractivity contribution in [2.24, 2.45) is 0 Å². The molecule has 0 spiro atoms. The Morgan fingerprint density at radius 2 is 1.74 bits per heavy atom. The molecule has 0 bridgehead atoms. The zero-order valence-corrected chi connectivity index (χ0v) is 20.8. The number of piperazine rings is 1. The van der Waals surface area contributed by atoms with E-state index >= 15 is 0 Å². The summed E-state index contributed by atoms with van der Waals surface area (Å²) < 4.78 is 0. The maximum Gasteiger partial charge on any atom is 0.251 e. The van der Waals surface area contributed by atoms with Crippen LogP contribution in [0.1, 0.15) is 59.5 Å². The summed E-state index contributed by atoms with van der Waals surface area (Å²) in [7, 11) is 0. The number of amides is 2. The normalized spacial score (nSPS) is 18.3. The highest BCUT2D eigenvalue weighted by molar-refractivity contribution is 5.98. The molecule has 5 rings (SSSR count). The summed E-state index contributed by atoms with van der Waals surface area (Å²) in [5.74, 6) is 0.628. The fourth-order valence-electron chi connectivity index (χ4n) is 5.44. The minimum absolute atomic E-state index is 0.0535. The number of rotatable bonds is 8. The van der Waals surface area contributed by atoms with Gasteiger partial charge in [0.05, 0.1) is 11.4 Å². The van der Waals surface area contributed by atoms with Crippen LogP contribution < -0.4 is 20.9 Å². The summed E-state index contributed by atoms with van der Waals surface area (Å²) in [5, 5.41) is 3.06. The Labute approximate surface area is 208 Å². The average Bonchev–Trinajstić information content (AvgIpc) is 3.63. The monoisotopic (exact) mass is 475 g/mol. The van der Waals surface area contributed by atoms with Gasteiger partial charge in [-0.25, -0.2) is 0 Å². The number of carbonyl (C=O) groups is 2. The van der Waals surface area contributed by atoms with Crippen LogP contribution >= 0.6 is 0 Å². The van der Waals surface area contributed by atoms with Crippen LogP contribution in [0, 0.1) is 6.92 Å². The van der Waals surface area contributed by atoms with Crippen molar-refractivity contribution in [2.45, 2.75) is 44.9 Å². The van der Waals surface area contributed by atoms with Gasteiger partial charge in [-0.15, -0.1) is 0 Å². The number of nitrogens with one attached hydrogen (secondary N) is 1. The lowest BCUT2D eigenvalue weighted by molar-refractivity contribution is -0.127. The van der Waals surface area contributed by atoms with E-state index in [4.69, 9.17) is 5.73 Å². The number of likely N-dealkylation sites (tertiary alicyclic amines) is 1. The molecule has 0 radical (unpaired) electrons. The van der Waals surface area contributed by atoms with E-state index in [1.54, 1.807) is 0 Å². The van der Waals surface area contributed by atoms with Crippen LogP contribution in [0.15, 0.2) is 36.4 Å². The zero-order chi connectivity index (χ0) is 24.4. The Hall–Kier alpha value is -3.22. The van der Waals surface area contributed by atoms with E-state index in [0.29, 0.717) is 36.7 Å². The third-order valence-electron chi connectivity index (χ3n) is 7.60. The van der Waals surface area contributed by atoms with Crippen LogP contribution in [0.2, 0.25) is 0 Å². The Bertz CT molecular complexity index is 1090. The molecule has 2 aromatic carbocycles. The van der Waals surface area contributed by atoms with Gasteiger partial charge in [0.15, 0.2) is 0 Å². The number of anilines is 3. The quantitative estimate of drug-likeness (QED) is 0.451. The van der Waals surface area contributed by atoms with Crippen LogP contribution in [0.4, 0.5) is 17.1 Å². The summed E-state index contributed by atoms with van der Waals surface area (Å²) in [5.41, 5.74) is 12.7. The van der Waals surface area contributed by atoms with Gasteiger partial charge in [0.2, 0.25) is 5.91 Å². The van der Waals surface area contributed by atoms with Crippen molar-refractivity contribution < 1.29 is 9.59 Å². The topological polar surface area (TPSA) is 81.9 Å². The average molecular weight is 476 g/mol. The predicted octanol–water partition coefficient (Wildman–Crippen LogP) is 3.52. The molecule has 0 aromatic heterocycles. The zero-order valence-electron chi connectivity index (χ0n) is 20.8. The summed E-state index contributed by atoms with van der Waals surface area (Å²) in [6.07, 6.45) is 4.63. The van der Waals surface area contributed by atoms with Crippen molar-refractivity contribution in [3.05, 3.63) is 53.1 Å². The van der Waals surface area contributed by atoms with E-state index in [2.05, 4.69) is 52.4 Å².